The molecule has 2 fully saturated rings. The fourth-order valence-electron chi connectivity index (χ4n) is 1.83. The normalized spacial score (nSPS) is 42.2. The first-order valence-electron chi connectivity index (χ1n) is 5.65. The highest BCUT2D eigenvalue weighted by molar-refractivity contribution is 5.82. The lowest BCUT2D eigenvalue weighted by atomic mass is 9.95. The largest absolute Gasteiger partial charge is 0.394 e. The zero-order valence-electron chi connectivity index (χ0n) is 9.19. The van der Waals surface area contributed by atoms with Gasteiger partial charge >= 0.3 is 0 Å². The molecule has 0 aromatic rings. The molecule has 1 saturated carbocycles. The second-order valence-electron chi connectivity index (χ2n) is 4.53. The maximum atomic E-state index is 11.7. The fourth-order valence-corrected chi connectivity index (χ4v) is 1.83. The Morgan fingerprint density at radius 1 is 1.18 bits per heavy atom. The van der Waals surface area contributed by atoms with E-state index in [4.69, 9.17) is 9.84 Å². The average Bonchev–Trinajstić information content (AvgIpc) is 3.10. The first-order valence-corrected chi connectivity index (χ1v) is 5.65. The summed E-state index contributed by atoms with van der Waals surface area (Å²) in [7, 11) is 0. The van der Waals surface area contributed by atoms with Crippen molar-refractivity contribution >= 4 is 5.91 Å². The number of carbonyl (C=O) groups is 1. The van der Waals surface area contributed by atoms with Gasteiger partial charge in [-0.1, -0.05) is 0 Å². The summed E-state index contributed by atoms with van der Waals surface area (Å²) in [6.07, 6.45) is -4.94. The second-order valence-corrected chi connectivity index (χ2v) is 4.53. The molecule has 7 heteroatoms. The summed E-state index contributed by atoms with van der Waals surface area (Å²) in [5.41, 5.74) is 0. The van der Waals surface area contributed by atoms with Gasteiger partial charge < -0.3 is 30.5 Å². The van der Waals surface area contributed by atoms with Gasteiger partial charge in [0.25, 0.3) is 5.91 Å². The Balaban J connectivity index is 2.01. The van der Waals surface area contributed by atoms with Crippen LogP contribution in [0.5, 0.6) is 0 Å². The molecule has 2 aliphatic rings. The molecule has 98 valence electrons. The molecular formula is C10H17NO6. The average molecular weight is 247 g/mol. The number of amides is 1. The van der Waals surface area contributed by atoms with Gasteiger partial charge in [0.2, 0.25) is 0 Å². The number of rotatable bonds is 3. The van der Waals surface area contributed by atoms with E-state index in [1.165, 1.54) is 0 Å². The van der Waals surface area contributed by atoms with Crippen LogP contribution in [0.25, 0.3) is 0 Å². The van der Waals surface area contributed by atoms with Gasteiger partial charge in [0.05, 0.1) is 6.61 Å². The Bertz CT molecular complexity index is 293. The van der Waals surface area contributed by atoms with Crippen LogP contribution < -0.4 is 5.32 Å². The zero-order valence-corrected chi connectivity index (χ0v) is 9.19. The molecule has 1 amide bonds. The van der Waals surface area contributed by atoms with Crippen molar-refractivity contribution < 1.29 is 30.0 Å². The van der Waals surface area contributed by atoms with Crippen LogP contribution in [0.2, 0.25) is 0 Å². The molecule has 0 aromatic carbocycles. The number of aliphatic hydroxyl groups is 4. The van der Waals surface area contributed by atoms with E-state index in [9.17, 15) is 20.1 Å². The molecule has 0 aromatic heterocycles. The van der Waals surface area contributed by atoms with E-state index in [1.54, 1.807) is 0 Å². The smallest absolute Gasteiger partial charge is 0.252 e. The summed E-state index contributed by atoms with van der Waals surface area (Å²) in [5.74, 6) is -0.524. The number of carbonyl (C=O) groups excluding carboxylic acids is 1. The Kier molecular flexibility index (Phi) is 3.64. The molecule has 5 atom stereocenters. The van der Waals surface area contributed by atoms with Gasteiger partial charge in [-0.05, 0) is 12.8 Å². The van der Waals surface area contributed by atoms with E-state index >= 15 is 0 Å². The third-order valence-electron chi connectivity index (χ3n) is 3.07. The molecule has 0 spiro atoms. The first-order chi connectivity index (χ1) is 8.04. The minimum absolute atomic E-state index is 0.106. The van der Waals surface area contributed by atoms with Crippen molar-refractivity contribution in [3.05, 3.63) is 0 Å². The van der Waals surface area contributed by atoms with E-state index in [1.807, 2.05) is 0 Å². The van der Waals surface area contributed by atoms with Crippen LogP contribution in [0, 0.1) is 0 Å². The number of hydrogen-bond acceptors (Lipinski definition) is 6. The van der Waals surface area contributed by atoms with Crippen LogP contribution in [-0.4, -0.2) is 69.5 Å². The van der Waals surface area contributed by atoms with Crippen molar-refractivity contribution in [2.24, 2.45) is 0 Å². The predicted octanol–water partition coefficient (Wildman–Crippen LogP) is -2.89. The van der Waals surface area contributed by atoms with Crippen molar-refractivity contribution in [3.63, 3.8) is 0 Å². The van der Waals surface area contributed by atoms with E-state index in [-0.39, 0.29) is 6.04 Å². The van der Waals surface area contributed by atoms with Crippen LogP contribution in [0.1, 0.15) is 12.8 Å². The highest BCUT2D eigenvalue weighted by atomic mass is 16.5. The summed E-state index contributed by atoms with van der Waals surface area (Å²) < 4.78 is 5.10. The molecule has 1 aliphatic heterocycles. The minimum Gasteiger partial charge on any atom is -0.394 e. The summed E-state index contributed by atoms with van der Waals surface area (Å²) in [6.45, 7) is -0.530. The van der Waals surface area contributed by atoms with Crippen molar-refractivity contribution in [2.75, 3.05) is 6.61 Å². The zero-order chi connectivity index (χ0) is 12.6. The number of ether oxygens (including phenoxy) is 1. The molecule has 17 heavy (non-hydrogen) atoms. The SMILES string of the molecule is O=C(NC1CC1)[C@H]1O[C@@H](CO)[C@@H](O)[C@H](O)[C@@H]1O. The highest BCUT2D eigenvalue weighted by Gasteiger charge is 2.47. The van der Waals surface area contributed by atoms with Gasteiger partial charge in [-0.2, -0.15) is 0 Å². The minimum atomic E-state index is -1.50. The van der Waals surface area contributed by atoms with Crippen LogP contribution in [0.3, 0.4) is 0 Å². The summed E-state index contributed by atoms with van der Waals surface area (Å²) >= 11 is 0. The molecule has 0 unspecified atom stereocenters. The van der Waals surface area contributed by atoms with Crippen LogP contribution >= 0.6 is 0 Å². The van der Waals surface area contributed by atoms with Crippen LogP contribution in [0.15, 0.2) is 0 Å². The Morgan fingerprint density at radius 2 is 1.82 bits per heavy atom. The molecular weight excluding hydrogens is 230 g/mol. The maximum Gasteiger partial charge on any atom is 0.252 e. The van der Waals surface area contributed by atoms with Crippen LogP contribution in [0.4, 0.5) is 0 Å². The maximum absolute atomic E-state index is 11.7. The summed E-state index contributed by atoms with van der Waals surface area (Å²) in [4.78, 5) is 11.7. The Hall–Kier alpha value is -0.730. The summed E-state index contributed by atoms with van der Waals surface area (Å²) in [5, 5.41) is 40.3. The van der Waals surface area contributed by atoms with E-state index < -0.39 is 43.0 Å². The standard InChI is InChI=1S/C10H17NO6/c12-3-5-6(13)7(14)8(15)9(17-5)10(16)11-4-1-2-4/h4-9,12-15H,1-3H2,(H,11,16)/t5-,6+,7-,8-,9-/m0/s1. The second kappa shape index (κ2) is 4.87. The predicted molar refractivity (Wildman–Crippen MR) is 54.9 cm³/mol. The van der Waals surface area contributed by atoms with E-state index in [0.29, 0.717) is 0 Å². The first kappa shape index (κ1) is 12.7. The number of nitrogens with one attached hydrogen (secondary N) is 1. The van der Waals surface area contributed by atoms with E-state index in [2.05, 4.69) is 5.32 Å². The Morgan fingerprint density at radius 3 is 2.35 bits per heavy atom. The third-order valence-corrected chi connectivity index (χ3v) is 3.07. The molecule has 1 aliphatic carbocycles. The fraction of sp³-hybridized carbons (Fsp3) is 0.900. The Labute approximate surface area is 98.0 Å². The lowest BCUT2D eigenvalue weighted by Gasteiger charge is -2.39. The van der Waals surface area contributed by atoms with Crippen LogP contribution in [-0.2, 0) is 9.53 Å². The number of aliphatic hydroxyl groups excluding tert-OH is 4. The molecule has 2 rings (SSSR count). The van der Waals surface area contributed by atoms with Gasteiger partial charge in [0, 0.05) is 6.04 Å². The molecule has 5 N–H and O–H groups in total. The molecule has 1 heterocycles. The number of hydrogen-bond donors (Lipinski definition) is 5. The lowest BCUT2D eigenvalue weighted by molar-refractivity contribution is -0.226. The van der Waals surface area contributed by atoms with Gasteiger partial charge in [-0.25, -0.2) is 0 Å². The van der Waals surface area contributed by atoms with Gasteiger partial charge in [-0.15, -0.1) is 0 Å². The lowest BCUT2D eigenvalue weighted by Crippen LogP contribution is -2.62. The molecule has 1 saturated heterocycles. The van der Waals surface area contributed by atoms with Gasteiger partial charge in [0.15, 0.2) is 6.10 Å². The van der Waals surface area contributed by atoms with E-state index in [0.717, 1.165) is 12.8 Å². The summed E-state index contributed by atoms with van der Waals surface area (Å²) in [6, 6.07) is 0.106. The monoisotopic (exact) mass is 247 g/mol. The van der Waals surface area contributed by atoms with Gasteiger partial charge in [0.1, 0.15) is 24.4 Å². The third kappa shape index (κ3) is 2.58. The van der Waals surface area contributed by atoms with Crippen molar-refractivity contribution in [1.29, 1.82) is 0 Å². The van der Waals surface area contributed by atoms with Gasteiger partial charge in [-0.3, -0.25) is 4.79 Å². The molecule has 0 radical (unpaired) electrons. The van der Waals surface area contributed by atoms with Crippen molar-refractivity contribution in [1.82, 2.24) is 5.32 Å². The van der Waals surface area contributed by atoms with Crippen molar-refractivity contribution in [3.8, 4) is 0 Å². The quantitative estimate of drug-likeness (QED) is 0.365. The highest BCUT2D eigenvalue weighted by Crippen LogP contribution is 2.23. The van der Waals surface area contributed by atoms with Crippen molar-refractivity contribution in [2.45, 2.75) is 49.4 Å². The topological polar surface area (TPSA) is 119 Å². The molecule has 7 nitrogen and oxygen atoms in total. The molecule has 0 bridgehead atoms.